The lowest BCUT2D eigenvalue weighted by molar-refractivity contribution is -0.147. The SMILES string of the molecule is C=C1C[C@@H](C#N)N(C(=O)CNC23CC4CC(CC(O)(C4)C2)C3)C1. The molecule has 4 saturated carbocycles. The Balaban J connectivity index is 1.42. The molecule has 5 fully saturated rings. The Morgan fingerprint density at radius 2 is 2.09 bits per heavy atom. The number of aliphatic hydroxyl groups is 1. The van der Waals surface area contributed by atoms with E-state index < -0.39 is 5.60 Å². The molecule has 0 radical (unpaired) electrons. The zero-order valence-electron chi connectivity index (χ0n) is 13.6. The summed E-state index contributed by atoms with van der Waals surface area (Å²) in [6.07, 6.45) is 6.63. The Kier molecular flexibility index (Phi) is 3.33. The van der Waals surface area contributed by atoms with E-state index >= 15 is 0 Å². The largest absolute Gasteiger partial charge is 0.390 e. The summed E-state index contributed by atoms with van der Waals surface area (Å²) >= 11 is 0. The third-order valence-corrected chi connectivity index (χ3v) is 6.37. The predicted octanol–water partition coefficient (Wildman–Crippen LogP) is 1.34. The Hall–Kier alpha value is -1.38. The minimum atomic E-state index is -0.517. The first-order chi connectivity index (χ1) is 10.9. The molecule has 1 heterocycles. The average molecular weight is 315 g/mol. The molecule has 5 rings (SSSR count). The molecule has 5 aliphatic rings. The molecular weight excluding hydrogens is 290 g/mol. The molecule has 1 aliphatic heterocycles. The minimum Gasteiger partial charge on any atom is -0.390 e. The molecule has 2 N–H and O–H groups in total. The van der Waals surface area contributed by atoms with Crippen LogP contribution in [0.25, 0.3) is 0 Å². The van der Waals surface area contributed by atoms with Gasteiger partial charge in [0.05, 0.1) is 18.2 Å². The maximum Gasteiger partial charge on any atom is 0.237 e. The molecule has 5 heteroatoms. The highest BCUT2D eigenvalue weighted by Gasteiger charge is 2.57. The van der Waals surface area contributed by atoms with Crippen LogP contribution in [0.4, 0.5) is 0 Å². The first-order valence-electron chi connectivity index (χ1n) is 8.73. The van der Waals surface area contributed by atoms with Crippen molar-refractivity contribution in [2.45, 2.75) is 62.1 Å². The molecule has 5 nitrogen and oxygen atoms in total. The van der Waals surface area contributed by atoms with Crippen LogP contribution in [0.15, 0.2) is 12.2 Å². The normalized spacial score (nSPS) is 44.6. The summed E-state index contributed by atoms with van der Waals surface area (Å²) < 4.78 is 0. The van der Waals surface area contributed by atoms with Gasteiger partial charge in [0, 0.05) is 18.5 Å². The number of carbonyl (C=O) groups is 1. The number of nitriles is 1. The van der Waals surface area contributed by atoms with E-state index in [1.54, 1.807) is 4.90 Å². The molecule has 1 amide bonds. The van der Waals surface area contributed by atoms with Gasteiger partial charge < -0.3 is 15.3 Å². The van der Waals surface area contributed by atoms with Gasteiger partial charge in [0.1, 0.15) is 6.04 Å². The van der Waals surface area contributed by atoms with Gasteiger partial charge in [0.25, 0.3) is 0 Å². The molecule has 23 heavy (non-hydrogen) atoms. The summed E-state index contributed by atoms with van der Waals surface area (Å²) in [5.41, 5.74) is 0.360. The zero-order chi connectivity index (χ0) is 16.2. The van der Waals surface area contributed by atoms with Crippen LogP contribution in [-0.2, 0) is 4.79 Å². The zero-order valence-corrected chi connectivity index (χ0v) is 13.6. The van der Waals surface area contributed by atoms with Crippen LogP contribution >= 0.6 is 0 Å². The van der Waals surface area contributed by atoms with Crippen molar-refractivity contribution in [3.8, 4) is 6.07 Å². The summed E-state index contributed by atoms with van der Waals surface area (Å²) in [4.78, 5) is 14.2. The quantitative estimate of drug-likeness (QED) is 0.771. The molecule has 2 unspecified atom stereocenters. The van der Waals surface area contributed by atoms with Crippen LogP contribution in [0.3, 0.4) is 0 Å². The lowest BCUT2D eigenvalue weighted by Crippen LogP contribution is -2.65. The maximum absolute atomic E-state index is 12.5. The molecule has 0 aromatic heterocycles. The molecule has 0 aromatic rings. The van der Waals surface area contributed by atoms with Crippen LogP contribution < -0.4 is 5.32 Å². The van der Waals surface area contributed by atoms with E-state index in [-0.39, 0.29) is 24.0 Å². The van der Waals surface area contributed by atoms with Gasteiger partial charge in [-0.25, -0.2) is 0 Å². The summed E-state index contributed by atoms with van der Waals surface area (Å²) in [5, 5.41) is 23.5. The van der Waals surface area contributed by atoms with Crippen molar-refractivity contribution >= 4 is 5.91 Å². The number of carbonyl (C=O) groups excluding carboxylic acids is 1. The van der Waals surface area contributed by atoms with Crippen molar-refractivity contribution in [2.75, 3.05) is 13.1 Å². The number of hydrogen-bond donors (Lipinski definition) is 2. The lowest BCUT2D eigenvalue weighted by atomic mass is 9.51. The Bertz CT molecular complexity index is 580. The second kappa shape index (κ2) is 5.06. The summed E-state index contributed by atoms with van der Waals surface area (Å²) in [6, 6.07) is 1.84. The molecule has 0 aromatic carbocycles. The van der Waals surface area contributed by atoms with E-state index in [2.05, 4.69) is 18.0 Å². The number of nitrogens with zero attached hydrogens (tertiary/aromatic N) is 2. The third-order valence-electron chi connectivity index (χ3n) is 6.37. The van der Waals surface area contributed by atoms with Gasteiger partial charge in [-0.05, 0) is 50.4 Å². The highest BCUT2D eigenvalue weighted by atomic mass is 16.3. The van der Waals surface area contributed by atoms with Crippen molar-refractivity contribution < 1.29 is 9.90 Å². The summed E-state index contributed by atoms with van der Waals surface area (Å²) in [6.45, 7) is 4.68. The highest BCUT2D eigenvalue weighted by molar-refractivity contribution is 5.80. The van der Waals surface area contributed by atoms with E-state index in [0.717, 1.165) is 37.7 Å². The van der Waals surface area contributed by atoms with E-state index in [1.165, 1.54) is 6.42 Å². The van der Waals surface area contributed by atoms with E-state index in [1.807, 2.05) is 0 Å². The van der Waals surface area contributed by atoms with Gasteiger partial charge in [0.2, 0.25) is 5.91 Å². The average Bonchev–Trinajstić information content (AvgIpc) is 2.83. The van der Waals surface area contributed by atoms with E-state index in [9.17, 15) is 15.2 Å². The lowest BCUT2D eigenvalue weighted by Gasteiger charge is -2.60. The van der Waals surface area contributed by atoms with Gasteiger partial charge in [-0.2, -0.15) is 5.26 Å². The summed E-state index contributed by atoms with van der Waals surface area (Å²) in [5.74, 6) is 1.18. The van der Waals surface area contributed by atoms with Crippen molar-refractivity contribution in [1.82, 2.24) is 10.2 Å². The monoisotopic (exact) mass is 315 g/mol. The first-order valence-corrected chi connectivity index (χ1v) is 8.73. The van der Waals surface area contributed by atoms with E-state index in [0.29, 0.717) is 24.8 Å². The second-order valence-electron chi connectivity index (χ2n) is 8.44. The molecular formula is C18H25N3O2. The fourth-order valence-corrected chi connectivity index (χ4v) is 5.96. The van der Waals surface area contributed by atoms with Crippen LogP contribution in [0, 0.1) is 23.2 Å². The molecule has 124 valence electrons. The van der Waals surface area contributed by atoms with Crippen LogP contribution in [0.1, 0.15) is 44.9 Å². The smallest absolute Gasteiger partial charge is 0.237 e. The fourth-order valence-electron chi connectivity index (χ4n) is 5.96. The molecule has 0 spiro atoms. The van der Waals surface area contributed by atoms with Crippen molar-refractivity contribution in [3.05, 3.63) is 12.2 Å². The highest BCUT2D eigenvalue weighted by Crippen LogP contribution is 2.57. The van der Waals surface area contributed by atoms with Crippen molar-refractivity contribution in [3.63, 3.8) is 0 Å². The van der Waals surface area contributed by atoms with Crippen molar-refractivity contribution in [1.29, 1.82) is 5.26 Å². The van der Waals surface area contributed by atoms with Crippen LogP contribution in [0.2, 0.25) is 0 Å². The van der Waals surface area contributed by atoms with E-state index in [4.69, 9.17) is 0 Å². The molecule has 4 aliphatic carbocycles. The van der Waals surface area contributed by atoms with Gasteiger partial charge in [-0.3, -0.25) is 4.79 Å². The first kappa shape index (κ1) is 15.2. The van der Waals surface area contributed by atoms with Gasteiger partial charge in [-0.1, -0.05) is 12.2 Å². The fraction of sp³-hybridized carbons (Fsp3) is 0.778. The van der Waals surface area contributed by atoms with Crippen LogP contribution in [0.5, 0.6) is 0 Å². The van der Waals surface area contributed by atoms with Gasteiger partial charge in [-0.15, -0.1) is 0 Å². The molecule has 4 bridgehead atoms. The van der Waals surface area contributed by atoms with Crippen molar-refractivity contribution in [2.24, 2.45) is 11.8 Å². The Morgan fingerprint density at radius 1 is 1.39 bits per heavy atom. The standard InChI is InChI=1S/C18H25N3O2/c1-12-2-15(8-19)21(10-12)16(22)9-20-17-4-13-3-14(5-17)7-18(23,6-13)11-17/h13-15,20,23H,1-7,9-11H2/t13?,14?,15-,17?,18?/m0/s1. The van der Waals surface area contributed by atoms with Gasteiger partial charge in [0.15, 0.2) is 0 Å². The topological polar surface area (TPSA) is 76.4 Å². The Labute approximate surface area is 137 Å². The Morgan fingerprint density at radius 3 is 2.70 bits per heavy atom. The number of hydrogen-bond acceptors (Lipinski definition) is 4. The number of amides is 1. The maximum atomic E-state index is 12.5. The molecule has 3 atom stereocenters. The summed E-state index contributed by atoms with van der Waals surface area (Å²) in [7, 11) is 0. The number of nitrogens with one attached hydrogen (secondary N) is 1. The number of rotatable bonds is 3. The molecule has 1 saturated heterocycles. The number of likely N-dealkylation sites (tertiary alicyclic amines) is 1. The minimum absolute atomic E-state index is 0.0158. The third kappa shape index (κ3) is 2.58. The predicted molar refractivity (Wildman–Crippen MR) is 85.2 cm³/mol. The van der Waals surface area contributed by atoms with Gasteiger partial charge >= 0.3 is 0 Å². The van der Waals surface area contributed by atoms with Crippen LogP contribution in [-0.4, -0.2) is 46.2 Å². The second-order valence-corrected chi connectivity index (χ2v) is 8.44.